The summed E-state index contributed by atoms with van der Waals surface area (Å²) in [6.07, 6.45) is 9.14. The minimum Gasteiger partial charge on any atom is -0.394 e. The molecule has 0 fully saturated rings. The van der Waals surface area contributed by atoms with Crippen LogP contribution in [-0.2, 0) is 0 Å². The number of anilines is 1. The summed E-state index contributed by atoms with van der Waals surface area (Å²) >= 11 is 1.26. The fraction of sp³-hybridized carbons (Fsp3) is 0.286. The quantitative estimate of drug-likeness (QED) is 0.674. The second-order valence-electron chi connectivity index (χ2n) is 6.41. The Bertz CT molecular complexity index is 964. The molecule has 1 atom stereocenters. The molecule has 1 unspecified atom stereocenters. The maximum atomic E-state index is 12.2. The van der Waals surface area contributed by atoms with Gasteiger partial charge in [-0.25, -0.2) is 9.78 Å². The number of hydrogen-bond acceptors (Lipinski definition) is 5. The molecule has 0 radical (unpaired) electrons. The minimum absolute atomic E-state index is 0.244. The lowest BCUT2D eigenvalue weighted by molar-refractivity contribution is 0.225. The molecule has 28 heavy (non-hydrogen) atoms. The maximum Gasteiger partial charge on any atom is 0.320 e. The first-order valence-corrected chi connectivity index (χ1v) is 9.85. The van der Waals surface area contributed by atoms with Crippen molar-refractivity contribution in [1.29, 1.82) is 5.26 Å². The summed E-state index contributed by atoms with van der Waals surface area (Å²) in [6, 6.07) is 8.89. The maximum absolute atomic E-state index is 12.2. The van der Waals surface area contributed by atoms with Crippen LogP contribution in [-0.4, -0.2) is 22.7 Å². The molecule has 2 amide bonds. The van der Waals surface area contributed by atoms with Gasteiger partial charge in [0.2, 0.25) is 0 Å². The van der Waals surface area contributed by atoms with Gasteiger partial charge in [-0.15, -0.1) is 17.8 Å². The number of benzene rings is 1. The van der Waals surface area contributed by atoms with Crippen LogP contribution in [0.1, 0.15) is 47.9 Å². The van der Waals surface area contributed by atoms with Crippen molar-refractivity contribution in [3.63, 3.8) is 0 Å². The molecule has 1 aromatic carbocycles. The van der Waals surface area contributed by atoms with Crippen molar-refractivity contribution < 1.29 is 9.90 Å². The number of aliphatic hydroxyl groups is 1. The zero-order chi connectivity index (χ0) is 19.9. The molecular weight excluding hydrogens is 372 g/mol. The van der Waals surface area contributed by atoms with Crippen molar-refractivity contribution in [2.75, 3.05) is 11.9 Å². The first kappa shape index (κ1) is 19.6. The molecule has 1 heterocycles. The van der Waals surface area contributed by atoms with Gasteiger partial charge >= 0.3 is 6.03 Å². The molecule has 0 saturated heterocycles. The van der Waals surface area contributed by atoms with E-state index in [9.17, 15) is 15.2 Å². The summed E-state index contributed by atoms with van der Waals surface area (Å²) in [6.45, 7) is -0.244. The van der Waals surface area contributed by atoms with Crippen LogP contribution in [0.2, 0.25) is 0 Å². The highest BCUT2D eigenvalue weighted by molar-refractivity contribution is 7.10. The summed E-state index contributed by atoms with van der Waals surface area (Å²) in [4.78, 5) is 16.3. The monoisotopic (exact) mass is 392 g/mol. The number of rotatable bonds is 5. The molecule has 0 spiro atoms. The smallest absolute Gasteiger partial charge is 0.320 e. The predicted octanol–water partition coefficient (Wildman–Crippen LogP) is 3.83. The van der Waals surface area contributed by atoms with Crippen molar-refractivity contribution in [1.82, 2.24) is 10.3 Å². The number of hydrogen-bond donors (Lipinski definition) is 3. The van der Waals surface area contributed by atoms with Crippen LogP contribution in [0.3, 0.4) is 0 Å². The summed E-state index contributed by atoms with van der Waals surface area (Å²) in [5.74, 6) is 2.78. The van der Waals surface area contributed by atoms with Crippen molar-refractivity contribution in [3.8, 4) is 18.4 Å². The summed E-state index contributed by atoms with van der Waals surface area (Å²) in [5, 5.41) is 26.5. The molecule has 0 bridgehead atoms. The molecule has 0 aliphatic heterocycles. The number of carbonyl (C=O) groups excluding carboxylic acids is 1. The third-order valence-electron chi connectivity index (χ3n) is 4.62. The molecule has 2 aromatic rings. The van der Waals surface area contributed by atoms with E-state index in [0.717, 1.165) is 48.0 Å². The second-order valence-corrected chi connectivity index (χ2v) is 7.27. The Balaban J connectivity index is 1.69. The Kier molecular flexibility index (Phi) is 6.44. The standard InChI is InChI=1S/C21H20N4O2S/c1-2-20-24-19(13-28-20)25-21(27)23-18(12-26)15-9-7-14(8-10-15)17-6-4-3-5-16(17)11-22/h1,7-10,13,18,26H,3-6,12H2,(H2,23,25,27). The van der Waals surface area contributed by atoms with Crippen LogP contribution in [0, 0.1) is 23.7 Å². The molecule has 7 heteroatoms. The number of terminal acetylenes is 1. The summed E-state index contributed by atoms with van der Waals surface area (Å²) in [5.41, 5.74) is 3.74. The van der Waals surface area contributed by atoms with E-state index in [1.807, 2.05) is 24.3 Å². The molecule has 142 valence electrons. The molecular formula is C21H20N4O2S. The van der Waals surface area contributed by atoms with Crippen molar-refractivity contribution >= 4 is 28.8 Å². The van der Waals surface area contributed by atoms with Gasteiger partial charge in [-0.1, -0.05) is 24.3 Å². The molecule has 1 aliphatic rings. The third-order valence-corrected chi connectivity index (χ3v) is 5.39. The van der Waals surface area contributed by atoms with E-state index < -0.39 is 12.1 Å². The number of carbonyl (C=O) groups is 1. The van der Waals surface area contributed by atoms with E-state index in [0.29, 0.717) is 10.8 Å². The molecule has 3 rings (SSSR count). The van der Waals surface area contributed by atoms with Crippen LogP contribution in [0.4, 0.5) is 10.6 Å². The topological polar surface area (TPSA) is 98.0 Å². The predicted molar refractivity (Wildman–Crippen MR) is 109 cm³/mol. The average Bonchev–Trinajstić information content (AvgIpc) is 3.19. The second kappa shape index (κ2) is 9.18. The lowest BCUT2D eigenvalue weighted by atomic mass is 9.87. The molecule has 0 saturated carbocycles. The minimum atomic E-state index is -0.560. The van der Waals surface area contributed by atoms with E-state index in [2.05, 4.69) is 27.6 Å². The third kappa shape index (κ3) is 4.58. The normalized spacial score (nSPS) is 14.7. The van der Waals surface area contributed by atoms with E-state index in [4.69, 9.17) is 6.42 Å². The fourth-order valence-electron chi connectivity index (χ4n) is 3.21. The fourth-order valence-corrected chi connectivity index (χ4v) is 3.76. The number of allylic oxidation sites excluding steroid dienone is 2. The first-order chi connectivity index (χ1) is 13.6. The van der Waals surface area contributed by atoms with E-state index in [-0.39, 0.29) is 6.61 Å². The SMILES string of the molecule is C#Cc1nc(NC(=O)NC(CO)c2ccc(C3=C(C#N)CCCC3)cc2)cs1. The molecule has 1 aliphatic carbocycles. The number of amides is 2. The Morgan fingerprint density at radius 2 is 2.07 bits per heavy atom. The van der Waals surface area contributed by atoms with Crippen LogP contribution >= 0.6 is 11.3 Å². The van der Waals surface area contributed by atoms with Crippen molar-refractivity contribution in [2.24, 2.45) is 0 Å². The average molecular weight is 392 g/mol. The van der Waals surface area contributed by atoms with E-state index in [1.54, 1.807) is 5.38 Å². The highest BCUT2D eigenvalue weighted by Crippen LogP contribution is 2.32. The van der Waals surface area contributed by atoms with Crippen molar-refractivity contribution in [3.05, 3.63) is 51.4 Å². The number of nitrogens with zero attached hydrogens (tertiary/aromatic N) is 2. The molecule has 6 nitrogen and oxygen atoms in total. The van der Waals surface area contributed by atoms with Crippen LogP contribution in [0.5, 0.6) is 0 Å². The Hall–Kier alpha value is -3.13. The van der Waals surface area contributed by atoms with Crippen molar-refractivity contribution in [2.45, 2.75) is 31.7 Å². The molecule has 3 N–H and O–H groups in total. The van der Waals surface area contributed by atoms with Gasteiger partial charge in [-0.2, -0.15) is 5.26 Å². The van der Waals surface area contributed by atoms with Gasteiger partial charge in [-0.3, -0.25) is 5.32 Å². The van der Waals surface area contributed by atoms with Crippen LogP contribution in [0.15, 0.2) is 35.2 Å². The van der Waals surface area contributed by atoms with Gasteiger partial charge in [0.05, 0.1) is 18.7 Å². The van der Waals surface area contributed by atoms with Crippen LogP contribution in [0.25, 0.3) is 5.57 Å². The number of nitriles is 1. The van der Waals surface area contributed by atoms with Gasteiger partial charge in [0.25, 0.3) is 0 Å². The zero-order valence-corrected chi connectivity index (χ0v) is 16.1. The van der Waals surface area contributed by atoms with Crippen LogP contribution < -0.4 is 10.6 Å². The number of aromatic nitrogens is 1. The number of aliphatic hydroxyl groups excluding tert-OH is 1. The van der Waals surface area contributed by atoms with Gasteiger partial charge in [0.1, 0.15) is 5.82 Å². The largest absolute Gasteiger partial charge is 0.394 e. The van der Waals surface area contributed by atoms with Gasteiger partial charge in [-0.05, 0) is 48.3 Å². The lowest BCUT2D eigenvalue weighted by Gasteiger charge is -2.19. The van der Waals surface area contributed by atoms with E-state index in [1.165, 1.54) is 11.3 Å². The van der Waals surface area contributed by atoms with Gasteiger partial charge in [0, 0.05) is 11.0 Å². The molecule has 1 aromatic heterocycles. The number of urea groups is 1. The summed E-state index contributed by atoms with van der Waals surface area (Å²) in [7, 11) is 0. The summed E-state index contributed by atoms with van der Waals surface area (Å²) < 4.78 is 0. The first-order valence-electron chi connectivity index (χ1n) is 8.97. The zero-order valence-electron chi connectivity index (χ0n) is 15.2. The highest BCUT2D eigenvalue weighted by atomic mass is 32.1. The highest BCUT2D eigenvalue weighted by Gasteiger charge is 2.17. The number of thiazole rings is 1. The Morgan fingerprint density at radius 1 is 1.32 bits per heavy atom. The van der Waals surface area contributed by atoms with Gasteiger partial charge < -0.3 is 10.4 Å². The Morgan fingerprint density at radius 3 is 2.71 bits per heavy atom. The Labute approximate surface area is 167 Å². The lowest BCUT2D eigenvalue weighted by Crippen LogP contribution is -2.34. The number of nitrogens with one attached hydrogen (secondary N) is 2. The van der Waals surface area contributed by atoms with E-state index >= 15 is 0 Å². The van der Waals surface area contributed by atoms with Gasteiger partial charge in [0.15, 0.2) is 5.01 Å².